The van der Waals surface area contributed by atoms with Gasteiger partial charge in [0.2, 0.25) is 59.1 Å². The lowest BCUT2D eigenvalue weighted by Gasteiger charge is -2.38. The van der Waals surface area contributed by atoms with Gasteiger partial charge in [0.25, 0.3) is 0 Å². The summed E-state index contributed by atoms with van der Waals surface area (Å²) >= 11 is 0. The minimum Gasteiger partial charge on any atom is -0.391 e. The summed E-state index contributed by atoms with van der Waals surface area (Å²) in [5, 5.41) is 19.9. The Bertz CT molecular complexity index is 2790. The van der Waals surface area contributed by atoms with Gasteiger partial charge in [0, 0.05) is 81.1 Å². The normalized spacial score (nSPS) is 17.7. The van der Waals surface area contributed by atoms with Crippen molar-refractivity contribution in [2.24, 2.45) is 23.7 Å². The summed E-state index contributed by atoms with van der Waals surface area (Å²) in [6.07, 6.45) is 7.93. The highest BCUT2D eigenvalue weighted by Crippen LogP contribution is 2.27. The van der Waals surface area contributed by atoms with Crippen LogP contribution < -0.4 is 16.0 Å². The van der Waals surface area contributed by atoms with Gasteiger partial charge in [-0.1, -0.05) is 132 Å². The van der Waals surface area contributed by atoms with Crippen LogP contribution in [-0.4, -0.2) is 214 Å². The van der Waals surface area contributed by atoms with Gasteiger partial charge in [0.1, 0.15) is 54.4 Å². The maximum Gasteiger partial charge on any atom is 0.248 e. The number of allylic oxidation sites excluding steroid dienone is 2. The van der Waals surface area contributed by atoms with Crippen molar-refractivity contribution in [3.63, 3.8) is 0 Å². The molecule has 2 aromatic carbocycles. The fourth-order valence-corrected chi connectivity index (χ4v) is 11.3. The summed E-state index contributed by atoms with van der Waals surface area (Å²) in [6.45, 7) is 20.0. The minimum atomic E-state index is -1.63. The average Bonchev–Trinajstić information content (AvgIpc) is 2.93. The predicted octanol–water partition coefficient (Wildman–Crippen LogP) is 4.61. The zero-order valence-electron chi connectivity index (χ0n) is 55.3. The van der Waals surface area contributed by atoms with Crippen molar-refractivity contribution < 1.29 is 53.1 Å². The van der Waals surface area contributed by atoms with Gasteiger partial charge >= 0.3 is 0 Å². The number of rotatable bonds is 30. The van der Waals surface area contributed by atoms with Crippen LogP contribution in [0.25, 0.3) is 0 Å². The van der Waals surface area contributed by atoms with Crippen molar-refractivity contribution in [3.05, 3.63) is 95.6 Å². The molecule has 1 aliphatic heterocycles. The monoisotopic (exact) mass is 1220 g/mol. The fourth-order valence-electron chi connectivity index (χ4n) is 11.3. The van der Waals surface area contributed by atoms with Crippen LogP contribution in [0.2, 0.25) is 0 Å². The molecule has 0 radical (unpaired) electrons. The van der Waals surface area contributed by atoms with E-state index in [1.54, 1.807) is 49.2 Å². The minimum absolute atomic E-state index is 0.0599. The number of carbonyl (C=O) groups excluding carboxylic acids is 10. The van der Waals surface area contributed by atoms with Gasteiger partial charge in [-0.05, 0) is 88.7 Å². The number of hydrogen-bond donors (Lipinski definition) is 4. The van der Waals surface area contributed by atoms with Gasteiger partial charge < -0.3 is 55.4 Å². The summed E-state index contributed by atoms with van der Waals surface area (Å²) in [5.74, 6) is -6.63. The van der Waals surface area contributed by atoms with Gasteiger partial charge in [-0.25, -0.2) is 0 Å². The van der Waals surface area contributed by atoms with Crippen molar-refractivity contribution >= 4 is 59.1 Å². The Hall–Kier alpha value is -7.42. The van der Waals surface area contributed by atoms with E-state index in [4.69, 9.17) is 0 Å². The molecule has 1 saturated heterocycles. The van der Waals surface area contributed by atoms with E-state index < -0.39 is 114 Å². The summed E-state index contributed by atoms with van der Waals surface area (Å²) < 4.78 is 0. The van der Waals surface area contributed by atoms with Crippen molar-refractivity contribution in [2.75, 3.05) is 55.4 Å². The smallest absolute Gasteiger partial charge is 0.248 e. The number of benzene rings is 2. The number of nitrogens with zero attached hydrogens (tertiary/aromatic N) is 7. The van der Waals surface area contributed by atoms with Gasteiger partial charge in [-0.15, -0.1) is 0 Å². The van der Waals surface area contributed by atoms with Crippen LogP contribution in [0.5, 0.6) is 0 Å². The molecule has 0 saturated carbocycles. The first-order chi connectivity index (χ1) is 41.4. The molecule has 12 atom stereocenters. The third-order valence-electron chi connectivity index (χ3n) is 17.7. The zero-order chi connectivity index (χ0) is 66.0. The predicted molar refractivity (Wildman–Crippen MR) is 339 cm³/mol. The van der Waals surface area contributed by atoms with Gasteiger partial charge in [0.05, 0.1) is 6.10 Å². The van der Waals surface area contributed by atoms with Crippen LogP contribution in [0.1, 0.15) is 126 Å². The lowest BCUT2D eigenvalue weighted by molar-refractivity contribution is -0.151. The van der Waals surface area contributed by atoms with E-state index in [2.05, 4.69) is 16.0 Å². The lowest BCUT2D eigenvalue weighted by atomic mass is 9.92. The highest BCUT2D eigenvalue weighted by atomic mass is 16.3. The number of likely N-dealkylation sites (tertiary alicyclic amines) is 1. The van der Waals surface area contributed by atoms with E-state index >= 15 is 0 Å². The molecule has 21 heteroatoms. The van der Waals surface area contributed by atoms with Crippen molar-refractivity contribution in [1.29, 1.82) is 0 Å². The maximum atomic E-state index is 14.8. The lowest BCUT2D eigenvalue weighted by Crippen LogP contribution is -2.62. The van der Waals surface area contributed by atoms with E-state index in [-0.39, 0.29) is 55.3 Å². The summed E-state index contributed by atoms with van der Waals surface area (Å²) in [7, 11) is 8.71. The standard InChI is InChI=1S/C67H102N10O11/c1-18-43(6)56(68-59(80)53(38-42(4)5)76(17)64(85)55(73(14)48(11)79)40-50-32-24-20-25-33-50)65(86)71(12)45(8)63(84)75(16)54(39-49-30-22-19-23-31-49)61(82)69-57(47(10)78)66(87)72(13)46(9)62(83)74(15)52(37-41(2)3)60(81)70-58(51-34-28-29-44(51)7)67(88)77-35-26-21-27-36-77/h19-20,22-25,28-34,41-43,45-47,51-58,78H,18,21,26-27,35-40H2,1-17H3,(H,68,80)(H,69,82)(H,70,81)/t43-,45-,46-,47+,51?,52-,53-,54-,55-,56-,57-,58-/m0/s1. The average molecular weight is 1220 g/mol. The molecule has 88 heavy (non-hydrogen) atoms. The Balaban J connectivity index is 1.57. The third kappa shape index (κ3) is 19.3. The molecular formula is C67H102N10O11. The zero-order valence-corrected chi connectivity index (χ0v) is 55.3. The molecule has 1 fully saturated rings. The van der Waals surface area contributed by atoms with Gasteiger partial charge in [-0.2, -0.15) is 0 Å². The third-order valence-corrected chi connectivity index (χ3v) is 17.7. The van der Waals surface area contributed by atoms with Gasteiger partial charge in [-0.3, -0.25) is 47.9 Å². The Labute approximate surface area is 523 Å². The topological polar surface area (TPSA) is 250 Å². The molecule has 0 aromatic heterocycles. The molecule has 0 spiro atoms. The summed E-state index contributed by atoms with van der Waals surface area (Å²) in [6, 6.07) is 7.57. The van der Waals surface area contributed by atoms with Crippen LogP contribution >= 0.6 is 0 Å². The molecule has 2 aliphatic rings. The number of amides is 10. The SMILES string of the molecule is CC[C@H](C)[C@H](NC(=O)[C@H](CC(C)C)N(C)C(=O)[C@H](Cc1ccccc1)N(C)C(C)=O)C(=O)N(C)[C@@H](C)C(=O)N(C)[C@@H](Cc1ccccc1)C(=O)N[C@H](C(=O)N(C)[C@@H](C)C(=O)N(C)[C@@H](CC(C)C)C(=O)N[C@H](C(=O)N1CCCCC1)C1C=CC=C1C)[C@@H](C)O. The Kier molecular flexibility index (Phi) is 28.1. The van der Waals surface area contributed by atoms with E-state index in [0.717, 1.165) is 35.3 Å². The number of likely N-dealkylation sites (N-methyl/N-ethyl adjacent to an activating group) is 6. The first-order valence-electron chi connectivity index (χ1n) is 31.2. The molecule has 1 unspecified atom stereocenters. The molecule has 4 rings (SSSR count). The molecule has 1 heterocycles. The molecule has 21 nitrogen and oxygen atoms in total. The van der Waals surface area contributed by atoms with Crippen LogP contribution in [0.3, 0.4) is 0 Å². The highest BCUT2D eigenvalue weighted by molar-refractivity contribution is 5.99. The number of nitrogens with one attached hydrogen (secondary N) is 3. The Morgan fingerprint density at radius 2 is 0.955 bits per heavy atom. The van der Waals surface area contributed by atoms with Crippen molar-refractivity contribution in [2.45, 2.75) is 188 Å². The highest BCUT2D eigenvalue weighted by Gasteiger charge is 2.43. The Morgan fingerprint density at radius 3 is 1.39 bits per heavy atom. The van der Waals surface area contributed by atoms with Crippen LogP contribution in [0.4, 0.5) is 0 Å². The Morgan fingerprint density at radius 1 is 0.534 bits per heavy atom. The van der Waals surface area contributed by atoms with E-state index in [1.165, 1.54) is 87.4 Å². The molecule has 4 N–H and O–H groups in total. The summed E-state index contributed by atoms with van der Waals surface area (Å²) in [5.41, 5.74) is 2.38. The van der Waals surface area contributed by atoms with Crippen LogP contribution in [-0.2, 0) is 60.8 Å². The largest absolute Gasteiger partial charge is 0.391 e. The fraction of sp³-hybridized carbons (Fsp3) is 0.612. The van der Waals surface area contributed by atoms with Crippen molar-refractivity contribution in [1.82, 2.24) is 50.2 Å². The summed E-state index contributed by atoms with van der Waals surface area (Å²) in [4.78, 5) is 153. The molecular weight excluding hydrogens is 1120 g/mol. The van der Waals surface area contributed by atoms with E-state index in [9.17, 15) is 53.1 Å². The number of aliphatic hydroxyl groups excluding tert-OH is 1. The number of piperidine rings is 1. The quantitative estimate of drug-likeness (QED) is 0.0841. The number of carbonyl (C=O) groups is 10. The molecule has 2 aromatic rings. The maximum absolute atomic E-state index is 14.8. The van der Waals surface area contributed by atoms with Crippen LogP contribution in [0, 0.1) is 23.7 Å². The first-order valence-corrected chi connectivity index (χ1v) is 31.2. The second-order valence-corrected chi connectivity index (χ2v) is 25.2. The van der Waals surface area contributed by atoms with Crippen molar-refractivity contribution in [3.8, 4) is 0 Å². The molecule has 486 valence electrons. The first kappa shape index (κ1) is 73.1. The number of aliphatic hydroxyl groups is 1. The number of hydrogen-bond acceptors (Lipinski definition) is 11. The molecule has 1 aliphatic carbocycles. The van der Waals surface area contributed by atoms with Crippen LogP contribution in [0.15, 0.2) is 84.5 Å². The molecule has 0 bridgehead atoms. The second kappa shape index (κ2) is 33.8. The molecule has 10 amide bonds. The van der Waals surface area contributed by atoms with Gasteiger partial charge in [0.15, 0.2) is 0 Å². The van der Waals surface area contributed by atoms with E-state index in [0.29, 0.717) is 25.1 Å². The van der Waals surface area contributed by atoms with E-state index in [1.807, 2.05) is 90.1 Å². The second-order valence-electron chi connectivity index (χ2n) is 25.2.